The molecule has 0 bridgehead atoms. The first-order valence-corrected chi connectivity index (χ1v) is 10.8. The lowest BCUT2D eigenvalue weighted by atomic mass is 9.93. The minimum atomic E-state index is -4.08. The van der Waals surface area contributed by atoms with Crippen LogP contribution in [0.4, 0.5) is 13.2 Å². The molecular weight excluding hydrogens is 494 g/mol. The molecule has 2 saturated heterocycles. The van der Waals surface area contributed by atoms with Gasteiger partial charge >= 0.3 is 6.18 Å². The van der Waals surface area contributed by atoms with Gasteiger partial charge in [-0.3, -0.25) is 9.89 Å². The first kappa shape index (κ1) is 26.7. The summed E-state index contributed by atoms with van der Waals surface area (Å²) >= 11 is 0. The highest BCUT2D eigenvalue weighted by Gasteiger charge is 2.32. The molecule has 0 aromatic carbocycles. The Kier molecular flexibility index (Phi) is 12.8. The SMILES string of the molecule is CN=C(NCCCN1CCC(C)CC1)NCCC1CCN(CC(F)(F)F)CC1.I. The minimum Gasteiger partial charge on any atom is -0.356 e. The third-order valence-electron chi connectivity index (χ3n) is 6.00. The van der Waals surface area contributed by atoms with Gasteiger partial charge in [-0.2, -0.15) is 13.2 Å². The smallest absolute Gasteiger partial charge is 0.356 e. The molecule has 2 heterocycles. The summed E-state index contributed by atoms with van der Waals surface area (Å²) in [6.07, 6.45) is 2.31. The molecule has 0 aliphatic carbocycles. The predicted molar refractivity (Wildman–Crippen MR) is 124 cm³/mol. The normalized spacial score (nSPS) is 21.1. The number of alkyl halides is 3. The summed E-state index contributed by atoms with van der Waals surface area (Å²) in [4.78, 5) is 8.33. The van der Waals surface area contributed by atoms with E-state index in [1.807, 2.05) is 0 Å². The van der Waals surface area contributed by atoms with Crippen LogP contribution in [0.25, 0.3) is 0 Å². The minimum absolute atomic E-state index is 0. The molecule has 2 fully saturated rings. The van der Waals surface area contributed by atoms with Crippen LogP contribution in [0.3, 0.4) is 0 Å². The van der Waals surface area contributed by atoms with Gasteiger partial charge in [0.05, 0.1) is 6.54 Å². The third kappa shape index (κ3) is 11.6. The van der Waals surface area contributed by atoms with Crippen LogP contribution < -0.4 is 10.6 Å². The molecule has 0 spiro atoms. The lowest BCUT2D eigenvalue weighted by Crippen LogP contribution is -2.42. The van der Waals surface area contributed by atoms with Gasteiger partial charge in [-0.1, -0.05) is 6.92 Å². The maximum atomic E-state index is 12.4. The molecule has 0 saturated carbocycles. The summed E-state index contributed by atoms with van der Waals surface area (Å²) in [5, 5.41) is 6.71. The molecule has 0 radical (unpaired) electrons. The van der Waals surface area contributed by atoms with Gasteiger partial charge in [-0.15, -0.1) is 24.0 Å². The first-order valence-electron chi connectivity index (χ1n) is 10.8. The molecule has 0 atom stereocenters. The molecule has 2 N–H and O–H groups in total. The summed E-state index contributed by atoms with van der Waals surface area (Å²) in [7, 11) is 1.77. The summed E-state index contributed by atoms with van der Waals surface area (Å²) in [5.74, 6) is 2.19. The van der Waals surface area contributed by atoms with Crippen LogP contribution in [-0.2, 0) is 0 Å². The van der Waals surface area contributed by atoms with E-state index in [4.69, 9.17) is 0 Å². The number of hydrogen-bond acceptors (Lipinski definition) is 3. The van der Waals surface area contributed by atoms with Crippen molar-refractivity contribution in [3.8, 4) is 0 Å². The van der Waals surface area contributed by atoms with Crippen LogP contribution in [0, 0.1) is 11.8 Å². The van der Waals surface area contributed by atoms with Crippen molar-refractivity contribution in [3.63, 3.8) is 0 Å². The standard InChI is InChI=1S/C20H38F3N5.HI/c1-17-5-12-27(13-6-17)11-3-9-25-19(24-2)26-10-4-18-7-14-28(15-8-18)16-20(21,22)23;/h17-18H,3-16H2,1-2H3,(H2,24,25,26);1H. The molecular formula is C20H39F3IN5. The Morgan fingerprint density at radius 3 is 2.14 bits per heavy atom. The Balaban J connectivity index is 0.00000420. The number of rotatable bonds is 8. The Morgan fingerprint density at radius 2 is 1.55 bits per heavy atom. The number of nitrogens with one attached hydrogen (secondary N) is 2. The Hall–Kier alpha value is -0.290. The summed E-state index contributed by atoms with van der Waals surface area (Å²) in [6, 6.07) is 0. The molecule has 2 aliphatic rings. The monoisotopic (exact) mass is 533 g/mol. The Bertz CT molecular complexity index is 460. The van der Waals surface area contributed by atoms with Crippen LogP contribution in [-0.4, -0.2) is 81.3 Å². The van der Waals surface area contributed by atoms with Gasteiger partial charge in [0.1, 0.15) is 0 Å². The molecule has 5 nitrogen and oxygen atoms in total. The fourth-order valence-electron chi connectivity index (χ4n) is 4.10. The number of aliphatic imine (C=N–C) groups is 1. The number of likely N-dealkylation sites (tertiary alicyclic amines) is 2. The van der Waals surface area contributed by atoms with Gasteiger partial charge in [0.25, 0.3) is 0 Å². The number of halogens is 4. The van der Waals surface area contributed by atoms with Crippen LogP contribution in [0.15, 0.2) is 4.99 Å². The maximum absolute atomic E-state index is 12.4. The topological polar surface area (TPSA) is 42.9 Å². The highest BCUT2D eigenvalue weighted by atomic mass is 127. The zero-order chi connectivity index (χ0) is 20.4. The molecule has 2 aliphatic heterocycles. The molecule has 29 heavy (non-hydrogen) atoms. The van der Waals surface area contributed by atoms with E-state index in [2.05, 4.69) is 27.4 Å². The van der Waals surface area contributed by atoms with Crippen molar-refractivity contribution >= 4 is 29.9 Å². The molecule has 2 rings (SSSR count). The van der Waals surface area contributed by atoms with Gasteiger partial charge in [0.2, 0.25) is 0 Å². The van der Waals surface area contributed by atoms with E-state index in [1.54, 1.807) is 7.05 Å². The van der Waals surface area contributed by atoms with E-state index in [0.29, 0.717) is 19.0 Å². The van der Waals surface area contributed by atoms with E-state index in [9.17, 15) is 13.2 Å². The highest BCUT2D eigenvalue weighted by molar-refractivity contribution is 14.0. The predicted octanol–water partition coefficient (Wildman–Crippen LogP) is 3.56. The second-order valence-electron chi connectivity index (χ2n) is 8.43. The zero-order valence-corrected chi connectivity index (χ0v) is 20.3. The van der Waals surface area contributed by atoms with E-state index < -0.39 is 12.7 Å². The van der Waals surface area contributed by atoms with Crippen LogP contribution in [0.5, 0.6) is 0 Å². The largest absolute Gasteiger partial charge is 0.401 e. The molecule has 9 heteroatoms. The molecule has 0 unspecified atom stereocenters. The van der Waals surface area contributed by atoms with Crippen molar-refractivity contribution < 1.29 is 13.2 Å². The second-order valence-corrected chi connectivity index (χ2v) is 8.43. The molecule has 0 amide bonds. The van der Waals surface area contributed by atoms with Crippen molar-refractivity contribution in [1.29, 1.82) is 0 Å². The number of nitrogens with zero attached hydrogens (tertiary/aromatic N) is 3. The third-order valence-corrected chi connectivity index (χ3v) is 6.00. The number of guanidine groups is 1. The van der Waals surface area contributed by atoms with Crippen LogP contribution >= 0.6 is 24.0 Å². The van der Waals surface area contributed by atoms with Crippen molar-refractivity contribution in [2.75, 3.05) is 59.4 Å². The zero-order valence-electron chi connectivity index (χ0n) is 17.9. The van der Waals surface area contributed by atoms with Crippen molar-refractivity contribution in [2.45, 2.75) is 51.6 Å². The average molecular weight is 533 g/mol. The Morgan fingerprint density at radius 1 is 0.966 bits per heavy atom. The number of piperidine rings is 2. The summed E-state index contributed by atoms with van der Waals surface area (Å²) < 4.78 is 37.3. The van der Waals surface area contributed by atoms with Crippen molar-refractivity contribution in [2.24, 2.45) is 16.8 Å². The summed E-state index contributed by atoms with van der Waals surface area (Å²) in [5.41, 5.74) is 0. The highest BCUT2D eigenvalue weighted by Crippen LogP contribution is 2.24. The van der Waals surface area contributed by atoms with Crippen molar-refractivity contribution in [1.82, 2.24) is 20.4 Å². The van der Waals surface area contributed by atoms with E-state index >= 15 is 0 Å². The van der Waals surface area contributed by atoms with E-state index in [-0.39, 0.29) is 24.0 Å². The van der Waals surface area contributed by atoms with Gasteiger partial charge in [-0.05, 0) is 83.1 Å². The average Bonchev–Trinajstić information content (AvgIpc) is 2.65. The van der Waals surface area contributed by atoms with Gasteiger partial charge in [0.15, 0.2) is 5.96 Å². The Labute approximate surface area is 191 Å². The van der Waals surface area contributed by atoms with Gasteiger partial charge in [0, 0.05) is 20.1 Å². The lowest BCUT2D eigenvalue weighted by Gasteiger charge is -2.32. The summed E-state index contributed by atoms with van der Waals surface area (Å²) in [6.45, 7) is 7.94. The van der Waals surface area contributed by atoms with E-state index in [0.717, 1.165) is 57.2 Å². The number of hydrogen-bond donors (Lipinski definition) is 2. The fourth-order valence-corrected chi connectivity index (χ4v) is 4.10. The fraction of sp³-hybridized carbons (Fsp3) is 0.950. The van der Waals surface area contributed by atoms with Crippen molar-refractivity contribution in [3.05, 3.63) is 0 Å². The first-order chi connectivity index (χ1) is 13.4. The molecule has 0 aromatic heterocycles. The van der Waals surface area contributed by atoms with Gasteiger partial charge in [-0.25, -0.2) is 0 Å². The second kappa shape index (κ2) is 13.9. The molecule has 0 aromatic rings. The maximum Gasteiger partial charge on any atom is 0.401 e. The quantitative estimate of drug-likeness (QED) is 0.217. The van der Waals surface area contributed by atoms with Gasteiger partial charge < -0.3 is 15.5 Å². The van der Waals surface area contributed by atoms with Crippen LogP contribution in [0.2, 0.25) is 0 Å². The van der Waals surface area contributed by atoms with E-state index in [1.165, 1.54) is 30.8 Å². The molecule has 172 valence electrons. The lowest BCUT2D eigenvalue weighted by molar-refractivity contribution is -0.148. The van der Waals surface area contributed by atoms with Crippen LogP contribution in [0.1, 0.15) is 45.4 Å².